The second-order valence-corrected chi connectivity index (χ2v) is 6.17. The molecule has 0 saturated heterocycles. The molecule has 2 heterocycles. The summed E-state index contributed by atoms with van der Waals surface area (Å²) >= 11 is 0. The SMILES string of the molecule is c1ccc(-c2ccc3c(c2)ncn3-c2cccc(-n3ccnc3)c2)cc1. The predicted molar refractivity (Wildman–Crippen MR) is 104 cm³/mol. The fraction of sp³-hybridized carbons (Fsp3) is 0. The molecule has 0 amide bonds. The summed E-state index contributed by atoms with van der Waals surface area (Å²) in [7, 11) is 0. The van der Waals surface area contributed by atoms with Gasteiger partial charge in [-0.15, -0.1) is 0 Å². The van der Waals surface area contributed by atoms with E-state index in [9.17, 15) is 0 Å². The van der Waals surface area contributed by atoms with Crippen LogP contribution in [0.15, 0.2) is 97.8 Å². The molecule has 0 atom stereocenters. The molecule has 0 radical (unpaired) electrons. The van der Waals surface area contributed by atoms with E-state index in [0.717, 1.165) is 22.4 Å². The second kappa shape index (κ2) is 6.01. The molecule has 0 aliphatic carbocycles. The van der Waals surface area contributed by atoms with Gasteiger partial charge in [-0.05, 0) is 41.5 Å². The first-order valence-electron chi connectivity index (χ1n) is 8.50. The van der Waals surface area contributed by atoms with Crippen molar-refractivity contribution >= 4 is 11.0 Å². The van der Waals surface area contributed by atoms with Crippen molar-refractivity contribution in [3.05, 3.63) is 97.8 Å². The van der Waals surface area contributed by atoms with E-state index in [1.165, 1.54) is 11.1 Å². The van der Waals surface area contributed by atoms with Crippen molar-refractivity contribution in [1.82, 2.24) is 19.1 Å². The standard InChI is InChI=1S/C22H16N4/c1-2-5-17(6-3-1)18-9-10-22-21(13-18)24-16-26(22)20-8-4-7-19(14-20)25-12-11-23-15-25/h1-16H. The van der Waals surface area contributed by atoms with Crippen molar-refractivity contribution in [2.45, 2.75) is 0 Å². The van der Waals surface area contributed by atoms with Crippen LogP contribution < -0.4 is 0 Å². The summed E-state index contributed by atoms with van der Waals surface area (Å²) in [6, 6.07) is 25.1. The van der Waals surface area contributed by atoms with E-state index >= 15 is 0 Å². The normalized spacial score (nSPS) is 11.1. The molecule has 124 valence electrons. The molecule has 0 N–H and O–H groups in total. The van der Waals surface area contributed by atoms with Crippen molar-refractivity contribution in [3.8, 4) is 22.5 Å². The fourth-order valence-corrected chi connectivity index (χ4v) is 3.24. The highest BCUT2D eigenvalue weighted by atomic mass is 15.1. The third-order valence-corrected chi connectivity index (χ3v) is 4.56. The summed E-state index contributed by atoms with van der Waals surface area (Å²) in [5, 5.41) is 0. The van der Waals surface area contributed by atoms with Crippen molar-refractivity contribution in [3.63, 3.8) is 0 Å². The van der Waals surface area contributed by atoms with Gasteiger partial charge in [0.1, 0.15) is 6.33 Å². The van der Waals surface area contributed by atoms with Gasteiger partial charge in [-0.25, -0.2) is 9.97 Å². The molecule has 5 rings (SSSR count). The van der Waals surface area contributed by atoms with Gasteiger partial charge in [0.25, 0.3) is 0 Å². The van der Waals surface area contributed by atoms with Crippen LogP contribution in [0, 0.1) is 0 Å². The molecule has 2 aromatic heterocycles. The maximum Gasteiger partial charge on any atom is 0.100 e. The van der Waals surface area contributed by atoms with Gasteiger partial charge in [-0.3, -0.25) is 4.57 Å². The molecule has 26 heavy (non-hydrogen) atoms. The lowest BCUT2D eigenvalue weighted by Gasteiger charge is -2.08. The fourth-order valence-electron chi connectivity index (χ4n) is 3.24. The Bertz CT molecular complexity index is 1170. The zero-order valence-electron chi connectivity index (χ0n) is 14.0. The zero-order chi connectivity index (χ0) is 17.3. The van der Waals surface area contributed by atoms with Gasteiger partial charge >= 0.3 is 0 Å². The van der Waals surface area contributed by atoms with E-state index in [1.807, 2.05) is 23.2 Å². The lowest BCUT2D eigenvalue weighted by Crippen LogP contribution is -1.95. The topological polar surface area (TPSA) is 35.6 Å². The molecule has 0 aliphatic heterocycles. The van der Waals surface area contributed by atoms with E-state index in [0.29, 0.717) is 0 Å². The van der Waals surface area contributed by atoms with Crippen LogP contribution in [0.3, 0.4) is 0 Å². The average Bonchev–Trinajstić information content (AvgIpc) is 3.38. The van der Waals surface area contributed by atoms with E-state index < -0.39 is 0 Å². The van der Waals surface area contributed by atoms with E-state index in [4.69, 9.17) is 0 Å². The first kappa shape index (κ1) is 14.7. The van der Waals surface area contributed by atoms with Crippen LogP contribution in [0.1, 0.15) is 0 Å². The van der Waals surface area contributed by atoms with Gasteiger partial charge in [0.15, 0.2) is 0 Å². The number of rotatable bonds is 3. The monoisotopic (exact) mass is 336 g/mol. The number of hydrogen-bond donors (Lipinski definition) is 0. The molecule has 3 aromatic carbocycles. The first-order chi connectivity index (χ1) is 12.9. The second-order valence-electron chi connectivity index (χ2n) is 6.17. The molecule has 0 unspecified atom stereocenters. The average molecular weight is 336 g/mol. The summed E-state index contributed by atoms with van der Waals surface area (Å²) in [5.41, 5.74) is 6.60. The minimum atomic E-state index is 0.986. The highest BCUT2D eigenvalue weighted by Crippen LogP contribution is 2.26. The summed E-state index contributed by atoms with van der Waals surface area (Å²) in [4.78, 5) is 8.74. The molecule has 0 aliphatic rings. The first-order valence-corrected chi connectivity index (χ1v) is 8.50. The maximum atomic E-state index is 4.62. The number of aromatic nitrogens is 4. The lowest BCUT2D eigenvalue weighted by atomic mass is 10.1. The van der Waals surface area contributed by atoms with Crippen molar-refractivity contribution in [2.24, 2.45) is 0 Å². The molecule has 0 fully saturated rings. The van der Waals surface area contributed by atoms with Crippen LogP contribution in [0.5, 0.6) is 0 Å². The maximum absolute atomic E-state index is 4.62. The number of imidazole rings is 2. The predicted octanol–water partition coefficient (Wildman–Crippen LogP) is 4.88. The number of benzene rings is 3. The van der Waals surface area contributed by atoms with Crippen LogP contribution >= 0.6 is 0 Å². The van der Waals surface area contributed by atoms with Crippen molar-refractivity contribution in [2.75, 3.05) is 0 Å². The van der Waals surface area contributed by atoms with Gasteiger partial charge in [-0.1, -0.05) is 42.5 Å². The van der Waals surface area contributed by atoms with E-state index in [2.05, 4.69) is 81.3 Å². The summed E-state index contributed by atoms with van der Waals surface area (Å²) in [6.07, 6.45) is 7.41. The van der Waals surface area contributed by atoms with Crippen LogP contribution in [0.25, 0.3) is 33.5 Å². The summed E-state index contributed by atoms with van der Waals surface area (Å²) in [6.45, 7) is 0. The third kappa shape index (κ3) is 2.48. The zero-order valence-corrected chi connectivity index (χ0v) is 14.0. The third-order valence-electron chi connectivity index (χ3n) is 4.56. The Hall–Kier alpha value is -3.66. The quantitative estimate of drug-likeness (QED) is 0.471. The van der Waals surface area contributed by atoms with Crippen molar-refractivity contribution < 1.29 is 0 Å². The Kier molecular flexibility index (Phi) is 3.39. The molecular weight excluding hydrogens is 320 g/mol. The number of hydrogen-bond acceptors (Lipinski definition) is 2. The Morgan fingerprint density at radius 3 is 2.42 bits per heavy atom. The smallest absolute Gasteiger partial charge is 0.100 e. The van der Waals surface area contributed by atoms with Crippen LogP contribution in [-0.2, 0) is 0 Å². The molecule has 5 aromatic rings. The van der Waals surface area contributed by atoms with Gasteiger partial charge in [-0.2, -0.15) is 0 Å². The van der Waals surface area contributed by atoms with Gasteiger partial charge in [0.2, 0.25) is 0 Å². The Labute approximate surface area is 151 Å². The van der Waals surface area contributed by atoms with Gasteiger partial charge in [0, 0.05) is 23.8 Å². The van der Waals surface area contributed by atoms with E-state index in [-0.39, 0.29) is 0 Å². The molecule has 0 saturated carbocycles. The Morgan fingerprint density at radius 2 is 1.58 bits per heavy atom. The van der Waals surface area contributed by atoms with Gasteiger partial charge < -0.3 is 4.57 Å². The minimum absolute atomic E-state index is 0.986. The van der Waals surface area contributed by atoms with Crippen LogP contribution in [-0.4, -0.2) is 19.1 Å². The number of fused-ring (bicyclic) bond motifs is 1. The summed E-state index contributed by atoms with van der Waals surface area (Å²) < 4.78 is 4.11. The number of nitrogens with zero attached hydrogens (tertiary/aromatic N) is 4. The Morgan fingerprint density at radius 1 is 0.692 bits per heavy atom. The summed E-state index contributed by atoms with van der Waals surface area (Å²) in [5.74, 6) is 0. The highest BCUT2D eigenvalue weighted by Gasteiger charge is 2.07. The lowest BCUT2D eigenvalue weighted by molar-refractivity contribution is 1.03. The van der Waals surface area contributed by atoms with Crippen molar-refractivity contribution in [1.29, 1.82) is 0 Å². The van der Waals surface area contributed by atoms with Crippen LogP contribution in [0.4, 0.5) is 0 Å². The molecule has 0 bridgehead atoms. The Balaban J connectivity index is 1.59. The molecular formula is C22H16N4. The van der Waals surface area contributed by atoms with E-state index in [1.54, 1.807) is 12.5 Å². The van der Waals surface area contributed by atoms with Crippen LogP contribution in [0.2, 0.25) is 0 Å². The van der Waals surface area contributed by atoms with Gasteiger partial charge in [0.05, 0.1) is 17.4 Å². The minimum Gasteiger partial charge on any atom is -0.306 e. The molecule has 0 spiro atoms. The largest absolute Gasteiger partial charge is 0.306 e. The molecule has 4 heteroatoms. The molecule has 4 nitrogen and oxygen atoms in total. The highest BCUT2D eigenvalue weighted by molar-refractivity contribution is 5.83.